The second-order valence-electron chi connectivity index (χ2n) is 4.90. The third kappa shape index (κ3) is 3.32. The molecule has 0 radical (unpaired) electrons. The molecule has 0 saturated carbocycles. The number of rotatable bonds is 4. The number of benzene rings is 1. The van der Waals surface area contributed by atoms with Crippen molar-refractivity contribution in [3.05, 3.63) is 50.6 Å². The summed E-state index contributed by atoms with van der Waals surface area (Å²) in [4.78, 5) is 40.6. The summed E-state index contributed by atoms with van der Waals surface area (Å²) in [6, 6.07) is 6.75. The molecule has 2 heterocycles. The first-order valence-electron chi connectivity index (χ1n) is 6.76. The number of aromatic nitrogens is 2. The molecule has 2 aromatic heterocycles. The Labute approximate surface area is 134 Å². The van der Waals surface area contributed by atoms with Crippen molar-refractivity contribution in [3.8, 4) is 0 Å². The van der Waals surface area contributed by atoms with Gasteiger partial charge in [0.15, 0.2) is 6.61 Å². The van der Waals surface area contributed by atoms with Crippen molar-refractivity contribution < 1.29 is 14.3 Å². The van der Waals surface area contributed by atoms with Gasteiger partial charge in [-0.05, 0) is 42.1 Å². The third-order valence-corrected chi connectivity index (χ3v) is 4.18. The molecule has 0 aliphatic carbocycles. The molecular formula is C15H13N3O4S. The number of imidazole rings is 1. The molecule has 0 bridgehead atoms. The average molecular weight is 331 g/mol. The molecule has 0 aliphatic heterocycles. The summed E-state index contributed by atoms with van der Waals surface area (Å²) in [6.45, 7) is 1.43. The fraction of sp³-hybridized carbons (Fsp3) is 0.133. The first kappa shape index (κ1) is 15.0. The molecule has 0 fully saturated rings. The number of fused-ring (bicyclic) bond motifs is 1. The van der Waals surface area contributed by atoms with E-state index in [0.29, 0.717) is 21.6 Å². The number of amides is 1. The van der Waals surface area contributed by atoms with Crippen LogP contribution in [0.2, 0.25) is 0 Å². The van der Waals surface area contributed by atoms with Gasteiger partial charge < -0.3 is 20.0 Å². The Morgan fingerprint density at radius 1 is 1.22 bits per heavy atom. The highest BCUT2D eigenvalue weighted by Gasteiger charge is 2.14. The Hall–Kier alpha value is -2.87. The van der Waals surface area contributed by atoms with Gasteiger partial charge in [-0.3, -0.25) is 4.79 Å². The van der Waals surface area contributed by atoms with E-state index >= 15 is 0 Å². The summed E-state index contributed by atoms with van der Waals surface area (Å²) in [5, 5.41) is 4.40. The second kappa shape index (κ2) is 6.09. The van der Waals surface area contributed by atoms with Crippen LogP contribution in [0, 0.1) is 6.92 Å². The number of hydrogen-bond donors (Lipinski definition) is 3. The van der Waals surface area contributed by atoms with Crippen molar-refractivity contribution in [1.29, 1.82) is 0 Å². The standard InChI is InChI=1S/C15H13N3O4S/c1-8-4-5-23-13(8)14(20)22-7-12(19)16-9-2-3-10-11(6-9)18-15(21)17-10/h2-6H,7H2,1H3,(H,16,19)(H2,17,18,21). The highest BCUT2D eigenvalue weighted by Crippen LogP contribution is 2.17. The van der Waals surface area contributed by atoms with Crippen LogP contribution in [-0.2, 0) is 9.53 Å². The van der Waals surface area contributed by atoms with Crippen molar-refractivity contribution >= 4 is 39.9 Å². The van der Waals surface area contributed by atoms with Gasteiger partial charge in [-0.25, -0.2) is 9.59 Å². The van der Waals surface area contributed by atoms with Crippen LogP contribution < -0.4 is 11.0 Å². The zero-order valence-corrected chi connectivity index (χ0v) is 13.0. The lowest BCUT2D eigenvalue weighted by atomic mass is 10.3. The summed E-state index contributed by atoms with van der Waals surface area (Å²) < 4.78 is 4.99. The Morgan fingerprint density at radius 2 is 2.00 bits per heavy atom. The van der Waals surface area contributed by atoms with Crippen LogP contribution >= 0.6 is 11.3 Å². The van der Waals surface area contributed by atoms with E-state index in [2.05, 4.69) is 15.3 Å². The van der Waals surface area contributed by atoms with Gasteiger partial charge in [0.05, 0.1) is 11.0 Å². The van der Waals surface area contributed by atoms with Gasteiger partial charge in [-0.2, -0.15) is 0 Å². The number of carbonyl (C=O) groups is 2. The molecule has 0 atom stereocenters. The summed E-state index contributed by atoms with van der Waals surface area (Å²) >= 11 is 1.27. The minimum atomic E-state index is -0.516. The number of hydrogen-bond acceptors (Lipinski definition) is 5. The Morgan fingerprint density at radius 3 is 2.74 bits per heavy atom. The van der Waals surface area contributed by atoms with E-state index in [1.165, 1.54) is 11.3 Å². The quantitative estimate of drug-likeness (QED) is 0.636. The zero-order valence-electron chi connectivity index (χ0n) is 12.1. The van der Waals surface area contributed by atoms with E-state index in [0.717, 1.165) is 5.56 Å². The smallest absolute Gasteiger partial charge is 0.349 e. The SMILES string of the molecule is Cc1ccsc1C(=O)OCC(=O)Nc1ccc2[nH]c(=O)[nH]c2c1. The van der Waals surface area contributed by atoms with E-state index in [-0.39, 0.29) is 12.3 Å². The number of aromatic amines is 2. The lowest BCUT2D eigenvalue weighted by molar-refractivity contribution is -0.119. The summed E-state index contributed by atoms with van der Waals surface area (Å²) in [6.07, 6.45) is 0. The predicted molar refractivity (Wildman–Crippen MR) is 86.9 cm³/mol. The van der Waals surface area contributed by atoms with E-state index < -0.39 is 11.9 Å². The minimum absolute atomic E-state index is 0.316. The van der Waals surface area contributed by atoms with Gasteiger partial charge in [0.2, 0.25) is 0 Å². The molecule has 8 heteroatoms. The molecule has 7 nitrogen and oxygen atoms in total. The van der Waals surface area contributed by atoms with Crippen LogP contribution in [0.5, 0.6) is 0 Å². The first-order valence-corrected chi connectivity index (χ1v) is 7.64. The van der Waals surface area contributed by atoms with Crippen LogP contribution in [-0.4, -0.2) is 28.5 Å². The average Bonchev–Trinajstić information content (AvgIpc) is 3.09. The number of carbonyl (C=O) groups excluding carboxylic acids is 2. The second-order valence-corrected chi connectivity index (χ2v) is 5.81. The molecule has 1 aromatic carbocycles. The number of anilines is 1. The fourth-order valence-electron chi connectivity index (χ4n) is 2.09. The number of esters is 1. The Bertz CT molecular complexity index is 937. The minimum Gasteiger partial charge on any atom is -0.451 e. The molecule has 1 amide bonds. The van der Waals surface area contributed by atoms with Gasteiger partial charge in [-0.15, -0.1) is 11.3 Å². The molecular weight excluding hydrogens is 318 g/mol. The van der Waals surface area contributed by atoms with Crippen LogP contribution in [0.15, 0.2) is 34.4 Å². The molecule has 0 aliphatic rings. The van der Waals surface area contributed by atoms with Crippen molar-refractivity contribution in [2.24, 2.45) is 0 Å². The van der Waals surface area contributed by atoms with Gasteiger partial charge >= 0.3 is 11.7 Å². The van der Waals surface area contributed by atoms with Crippen molar-refractivity contribution in [2.75, 3.05) is 11.9 Å². The molecule has 23 heavy (non-hydrogen) atoms. The predicted octanol–water partition coefficient (Wildman–Crippen LogP) is 2.02. The van der Waals surface area contributed by atoms with E-state index in [9.17, 15) is 14.4 Å². The van der Waals surface area contributed by atoms with Crippen molar-refractivity contribution in [3.63, 3.8) is 0 Å². The number of ether oxygens (including phenoxy) is 1. The third-order valence-electron chi connectivity index (χ3n) is 3.18. The molecule has 118 valence electrons. The maximum absolute atomic E-state index is 11.8. The maximum Gasteiger partial charge on any atom is 0.349 e. The maximum atomic E-state index is 11.8. The van der Waals surface area contributed by atoms with Gasteiger partial charge in [0, 0.05) is 5.69 Å². The van der Waals surface area contributed by atoms with E-state index in [1.807, 2.05) is 6.07 Å². The summed E-state index contributed by atoms with van der Waals surface area (Å²) in [5.41, 5.74) is 2.23. The molecule has 3 aromatic rings. The highest BCUT2D eigenvalue weighted by molar-refractivity contribution is 7.12. The van der Waals surface area contributed by atoms with E-state index in [4.69, 9.17) is 4.74 Å². The van der Waals surface area contributed by atoms with Crippen LogP contribution in [0.4, 0.5) is 5.69 Å². The summed E-state index contributed by atoms with van der Waals surface area (Å²) in [5.74, 6) is -0.970. The largest absolute Gasteiger partial charge is 0.451 e. The highest BCUT2D eigenvalue weighted by atomic mass is 32.1. The number of nitrogens with one attached hydrogen (secondary N) is 3. The molecule has 0 unspecified atom stereocenters. The molecule has 0 spiro atoms. The van der Waals surface area contributed by atoms with Crippen LogP contribution in [0.25, 0.3) is 11.0 Å². The topological polar surface area (TPSA) is 104 Å². The van der Waals surface area contributed by atoms with Crippen molar-refractivity contribution in [1.82, 2.24) is 9.97 Å². The zero-order chi connectivity index (χ0) is 16.4. The summed E-state index contributed by atoms with van der Waals surface area (Å²) in [7, 11) is 0. The number of aryl methyl sites for hydroxylation is 1. The van der Waals surface area contributed by atoms with Crippen LogP contribution in [0.3, 0.4) is 0 Å². The molecule has 3 N–H and O–H groups in total. The Balaban J connectivity index is 1.61. The van der Waals surface area contributed by atoms with Gasteiger partial charge in [0.1, 0.15) is 4.88 Å². The van der Waals surface area contributed by atoms with Gasteiger partial charge in [0.25, 0.3) is 5.91 Å². The number of thiophene rings is 1. The molecule has 3 rings (SSSR count). The van der Waals surface area contributed by atoms with Crippen molar-refractivity contribution in [2.45, 2.75) is 6.92 Å². The molecule has 0 saturated heterocycles. The lowest BCUT2D eigenvalue weighted by Crippen LogP contribution is -2.20. The normalized spacial score (nSPS) is 10.7. The van der Waals surface area contributed by atoms with Gasteiger partial charge in [-0.1, -0.05) is 0 Å². The monoisotopic (exact) mass is 331 g/mol. The lowest BCUT2D eigenvalue weighted by Gasteiger charge is -2.06. The van der Waals surface area contributed by atoms with Crippen LogP contribution in [0.1, 0.15) is 15.2 Å². The van der Waals surface area contributed by atoms with E-state index in [1.54, 1.807) is 30.5 Å². The Kier molecular flexibility index (Phi) is 3.98. The fourth-order valence-corrected chi connectivity index (χ4v) is 2.90. The number of H-pyrrole nitrogens is 2. The first-order chi connectivity index (χ1) is 11.0.